The molecule has 0 radical (unpaired) electrons. The van der Waals surface area contributed by atoms with Gasteiger partial charge in [0.2, 0.25) is 0 Å². The molecule has 16 heavy (non-hydrogen) atoms. The number of hydrogen-bond acceptors (Lipinski definition) is 4. The van der Waals surface area contributed by atoms with E-state index in [1.54, 1.807) is 0 Å². The van der Waals surface area contributed by atoms with Crippen molar-refractivity contribution in [3.8, 4) is 0 Å². The predicted molar refractivity (Wildman–Crippen MR) is 86.7 cm³/mol. The maximum Gasteiger partial charge on any atom is 0.0160 e. The van der Waals surface area contributed by atoms with Gasteiger partial charge < -0.3 is 0 Å². The molecule has 0 fully saturated rings. The minimum absolute atomic E-state index is 0.760. The first-order valence-electron chi connectivity index (χ1n) is 5.18. The second-order valence-electron chi connectivity index (χ2n) is 3.80. The second kappa shape index (κ2) is 6.53. The van der Waals surface area contributed by atoms with Crippen LogP contribution in [0.15, 0.2) is 0 Å². The highest BCUT2D eigenvalue weighted by Crippen LogP contribution is 2.31. The molecule has 0 aliphatic heterocycles. The van der Waals surface area contributed by atoms with Crippen molar-refractivity contribution in [2.75, 3.05) is 0 Å². The molecule has 0 saturated carbocycles. The summed E-state index contributed by atoms with van der Waals surface area (Å²) < 4.78 is 0. The first-order chi connectivity index (χ1) is 7.62. The van der Waals surface area contributed by atoms with E-state index in [1.165, 1.54) is 33.4 Å². The Labute approximate surface area is 120 Å². The maximum atomic E-state index is 4.42. The van der Waals surface area contributed by atoms with Crippen LogP contribution >= 0.6 is 50.5 Å². The molecule has 0 saturated heterocycles. The molecule has 0 atom stereocenters. The third kappa shape index (κ3) is 2.55. The third-order valence-electron chi connectivity index (χ3n) is 3.17. The first-order valence-corrected chi connectivity index (χ1v) is 7.71. The topological polar surface area (TPSA) is 0 Å². The van der Waals surface area contributed by atoms with E-state index in [9.17, 15) is 0 Å². The normalized spacial score (nSPS) is 10.9. The van der Waals surface area contributed by atoms with Gasteiger partial charge >= 0.3 is 0 Å². The van der Waals surface area contributed by atoms with Crippen molar-refractivity contribution < 1.29 is 0 Å². The lowest BCUT2D eigenvalue weighted by Crippen LogP contribution is -2.06. The van der Waals surface area contributed by atoms with E-state index < -0.39 is 0 Å². The van der Waals surface area contributed by atoms with Gasteiger partial charge in [0.05, 0.1) is 0 Å². The quantitative estimate of drug-likeness (QED) is 0.592. The van der Waals surface area contributed by atoms with Crippen LogP contribution in [0.5, 0.6) is 0 Å². The summed E-state index contributed by atoms with van der Waals surface area (Å²) >= 11 is 17.7. The van der Waals surface area contributed by atoms with Crippen molar-refractivity contribution in [2.24, 2.45) is 0 Å². The lowest BCUT2D eigenvalue weighted by Gasteiger charge is -2.21. The van der Waals surface area contributed by atoms with Gasteiger partial charge in [0, 0.05) is 23.0 Å². The molecule has 0 aliphatic rings. The zero-order valence-corrected chi connectivity index (χ0v) is 13.2. The number of rotatable bonds is 4. The molecule has 0 aromatic heterocycles. The van der Waals surface area contributed by atoms with Gasteiger partial charge in [-0.3, -0.25) is 0 Å². The van der Waals surface area contributed by atoms with Crippen molar-refractivity contribution in [1.82, 2.24) is 0 Å². The molecule has 1 rings (SSSR count). The zero-order valence-electron chi connectivity index (χ0n) is 9.62. The smallest absolute Gasteiger partial charge is 0.0160 e. The van der Waals surface area contributed by atoms with Crippen LogP contribution in [0.25, 0.3) is 0 Å². The fraction of sp³-hybridized carbons (Fsp3) is 0.500. The summed E-state index contributed by atoms with van der Waals surface area (Å²) in [6.07, 6.45) is 0. The Hall–Kier alpha value is 0.620. The number of benzene rings is 1. The highest BCUT2D eigenvalue weighted by Gasteiger charge is 2.16. The Balaban J connectivity index is 3.60. The second-order valence-corrected chi connectivity index (χ2v) is 5.06. The van der Waals surface area contributed by atoms with E-state index in [-0.39, 0.29) is 0 Å². The lowest BCUT2D eigenvalue weighted by atomic mass is 9.90. The molecule has 0 unspecified atom stereocenters. The molecule has 1 aromatic rings. The highest BCUT2D eigenvalue weighted by molar-refractivity contribution is 7.80. The van der Waals surface area contributed by atoms with Gasteiger partial charge in [0.1, 0.15) is 0 Å². The Morgan fingerprint density at radius 2 is 0.750 bits per heavy atom. The van der Waals surface area contributed by atoms with Crippen molar-refractivity contribution in [2.45, 2.75) is 36.9 Å². The minimum atomic E-state index is 0.760. The van der Waals surface area contributed by atoms with E-state index in [2.05, 4.69) is 64.4 Å². The van der Waals surface area contributed by atoms with E-state index in [4.69, 9.17) is 0 Å². The highest BCUT2D eigenvalue weighted by atomic mass is 32.1. The average Bonchev–Trinajstić information content (AvgIpc) is 2.30. The van der Waals surface area contributed by atoms with Gasteiger partial charge in [-0.25, -0.2) is 0 Å². The van der Waals surface area contributed by atoms with Gasteiger partial charge in [0.15, 0.2) is 0 Å². The summed E-state index contributed by atoms with van der Waals surface area (Å²) in [5, 5.41) is 0. The Morgan fingerprint density at radius 1 is 0.562 bits per heavy atom. The summed E-state index contributed by atoms with van der Waals surface area (Å²) in [5.74, 6) is 3.04. The molecule has 0 amide bonds. The van der Waals surface area contributed by atoms with Gasteiger partial charge in [0.25, 0.3) is 0 Å². The van der Waals surface area contributed by atoms with E-state index in [0.717, 1.165) is 23.0 Å². The summed E-state index contributed by atoms with van der Waals surface area (Å²) in [5.41, 5.74) is 7.86. The standard InChI is InChI=1S/C12H18S4/c1-7-9(3-13)11(5-15)8(2)12(6-16)10(7)4-14/h13-16H,3-6H2,1-2H3. The molecule has 90 valence electrons. The van der Waals surface area contributed by atoms with Crippen LogP contribution in [0.4, 0.5) is 0 Å². The summed E-state index contributed by atoms with van der Waals surface area (Å²) in [7, 11) is 0. The maximum absolute atomic E-state index is 4.42. The largest absolute Gasteiger partial charge is 0.175 e. The molecule has 0 nitrogen and oxygen atoms in total. The molecular formula is C12H18S4. The number of thiol groups is 4. The molecule has 0 N–H and O–H groups in total. The van der Waals surface area contributed by atoms with Crippen molar-refractivity contribution >= 4 is 50.5 Å². The van der Waals surface area contributed by atoms with Crippen molar-refractivity contribution in [3.05, 3.63) is 33.4 Å². The molecule has 4 heteroatoms. The first kappa shape index (κ1) is 14.7. The fourth-order valence-electron chi connectivity index (χ4n) is 2.13. The summed E-state index contributed by atoms with van der Waals surface area (Å²) in [4.78, 5) is 0. The molecule has 1 aromatic carbocycles. The number of hydrogen-bond donors (Lipinski definition) is 4. The summed E-state index contributed by atoms with van der Waals surface area (Å²) in [6.45, 7) is 4.30. The van der Waals surface area contributed by atoms with Crippen LogP contribution in [0.1, 0.15) is 33.4 Å². The summed E-state index contributed by atoms with van der Waals surface area (Å²) in [6, 6.07) is 0. The van der Waals surface area contributed by atoms with E-state index in [0.29, 0.717) is 0 Å². The molecule has 0 aliphatic carbocycles. The van der Waals surface area contributed by atoms with E-state index >= 15 is 0 Å². The van der Waals surface area contributed by atoms with Crippen LogP contribution in [0, 0.1) is 13.8 Å². The van der Waals surface area contributed by atoms with Crippen LogP contribution in [-0.2, 0) is 23.0 Å². The van der Waals surface area contributed by atoms with Crippen LogP contribution < -0.4 is 0 Å². The molecule has 0 heterocycles. The average molecular weight is 291 g/mol. The van der Waals surface area contributed by atoms with E-state index in [1.807, 2.05) is 0 Å². The van der Waals surface area contributed by atoms with Gasteiger partial charge in [-0.15, -0.1) is 0 Å². The van der Waals surface area contributed by atoms with Crippen LogP contribution in [0.2, 0.25) is 0 Å². The zero-order chi connectivity index (χ0) is 12.3. The van der Waals surface area contributed by atoms with Gasteiger partial charge in [-0.2, -0.15) is 50.5 Å². The molecular weight excluding hydrogens is 272 g/mol. The van der Waals surface area contributed by atoms with Crippen LogP contribution in [0.3, 0.4) is 0 Å². The van der Waals surface area contributed by atoms with Crippen molar-refractivity contribution in [1.29, 1.82) is 0 Å². The van der Waals surface area contributed by atoms with Gasteiger partial charge in [-0.05, 0) is 47.2 Å². The van der Waals surface area contributed by atoms with Crippen molar-refractivity contribution in [3.63, 3.8) is 0 Å². The SMILES string of the molecule is Cc1c(CS)c(CS)c(C)c(CS)c1CS. The third-order valence-corrected chi connectivity index (χ3v) is 4.44. The molecule has 0 bridgehead atoms. The Kier molecular flexibility index (Phi) is 5.99. The predicted octanol–water partition coefficient (Wildman–Crippen LogP) is 4.02. The lowest BCUT2D eigenvalue weighted by molar-refractivity contribution is 1.10. The fourth-order valence-corrected chi connectivity index (χ4v) is 3.84. The monoisotopic (exact) mass is 290 g/mol. The minimum Gasteiger partial charge on any atom is -0.175 e. The Bertz CT molecular complexity index is 315. The van der Waals surface area contributed by atoms with Crippen LogP contribution in [-0.4, -0.2) is 0 Å². The molecule has 0 spiro atoms. The van der Waals surface area contributed by atoms with Gasteiger partial charge in [-0.1, -0.05) is 0 Å². The Morgan fingerprint density at radius 3 is 0.875 bits per heavy atom.